The molecule has 0 spiro atoms. The van der Waals surface area contributed by atoms with E-state index in [1.54, 1.807) is 63.4 Å². The van der Waals surface area contributed by atoms with Gasteiger partial charge >= 0.3 is 5.97 Å². The second kappa shape index (κ2) is 12.0. The van der Waals surface area contributed by atoms with Crippen molar-refractivity contribution in [3.8, 4) is 22.6 Å². The molecule has 204 valence electrons. The third-order valence-corrected chi connectivity index (χ3v) is 6.82. The van der Waals surface area contributed by atoms with Crippen LogP contribution in [-0.4, -0.2) is 47.5 Å². The maximum atomic E-state index is 13.2. The van der Waals surface area contributed by atoms with Gasteiger partial charge in [-0.3, -0.25) is 9.59 Å². The summed E-state index contributed by atoms with van der Waals surface area (Å²) >= 11 is 0. The fourth-order valence-electron chi connectivity index (χ4n) is 4.74. The Labute approximate surface area is 228 Å². The molecule has 0 radical (unpaired) electrons. The molecule has 4 rings (SSSR count). The predicted molar refractivity (Wildman–Crippen MR) is 149 cm³/mol. The molecule has 0 aliphatic carbocycles. The lowest BCUT2D eigenvalue weighted by atomic mass is 9.99. The average molecular weight is 531 g/mol. The molecule has 0 saturated carbocycles. The lowest BCUT2D eigenvalue weighted by Gasteiger charge is -2.27. The summed E-state index contributed by atoms with van der Waals surface area (Å²) in [5, 5.41) is 12.6. The van der Waals surface area contributed by atoms with Crippen LogP contribution in [0.5, 0.6) is 11.5 Å². The molecule has 1 aliphatic heterocycles. The third kappa shape index (κ3) is 6.06. The Morgan fingerprint density at radius 1 is 1.03 bits per heavy atom. The quantitative estimate of drug-likeness (QED) is 0.301. The Bertz CT molecular complexity index is 1370. The minimum atomic E-state index is -1.01. The first-order valence-corrected chi connectivity index (χ1v) is 13.1. The molecule has 1 aliphatic rings. The normalized spacial score (nSPS) is 13.3. The second-order valence-electron chi connectivity index (χ2n) is 9.93. The van der Waals surface area contributed by atoms with Gasteiger partial charge in [-0.15, -0.1) is 0 Å². The first-order valence-electron chi connectivity index (χ1n) is 13.1. The van der Waals surface area contributed by atoms with Gasteiger partial charge in [-0.25, -0.2) is 4.79 Å². The number of unbranched alkanes of at least 4 members (excludes halogenated alkanes) is 1. The molecule has 0 fully saturated rings. The van der Waals surface area contributed by atoms with Gasteiger partial charge in [-0.05, 0) is 65.9 Å². The molecule has 0 unspecified atom stereocenters. The lowest BCUT2D eigenvalue weighted by molar-refractivity contribution is -0.144. The van der Waals surface area contributed by atoms with E-state index in [1.807, 2.05) is 18.2 Å². The van der Waals surface area contributed by atoms with E-state index in [-0.39, 0.29) is 24.3 Å². The number of aliphatic carboxylic acids is 1. The van der Waals surface area contributed by atoms with E-state index < -0.39 is 12.0 Å². The van der Waals surface area contributed by atoms with Crippen molar-refractivity contribution < 1.29 is 29.0 Å². The number of anilines is 1. The highest BCUT2D eigenvalue weighted by molar-refractivity contribution is 6.05. The van der Waals surface area contributed by atoms with E-state index >= 15 is 0 Å². The Kier molecular flexibility index (Phi) is 8.54. The molecule has 3 aromatic rings. The molecule has 0 bridgehead atoms. The molecular weight excluding hydrogens is 496 g/mol. The number of methoxy groups -OCH3 is 1. The molecule has 0 saturated heterocycles. The van der Waals surface area contributed by atoms with Gasteiger partial charge in [0.1, 0.15) is 17.5 Å². The minimum Gasteiger partial charge on any atom is -0.496 e. The average Bonchev–Trinajstić information content (AvgIpc) is 3.23. The molecule has 2 amide bonds. The van der Waals surface area contributed by atoms with Gasteiger partial charge in [0.25, 0.3) is 11.8 Å². The third-order valence-electron chi connectivity index (χ3n) is 6.82. The first-order chi connectivity index (χ1) is 18.7. The molecule has 8 nitrogen and oxygen atoms in total. The molecular formula is C31H34N2O6. The van der Waals surface area contributed by atoms with E-state index in [9.17, 15) is 19.5 Å². The smallest absolute Gasteiger partial charge is 0.326 e. The maximum Gasteiger partial charge on any atom is 0.326 e. The molecule has 3 aromatic carbocycles. The van der Waals surface area contributed by atoms with Crippen molar-refractivity contribution in [3.63, 3.8) is 0 Å². The fraction of sp³-hybridized carbons (Fsp3) is 0.323. The highest BCUT2D eigenvalue weighted by atomic mass is 16.5. The summed E-state index contributed by atoms with van der Waals surface area (Å²) in [4.78, 5) is 39.2. The van der Waals surface area contributed by atoms with Crippen molar-refractivity contribution in [2.75, 3.05) is 19.0 Å². The van der Waals surface area contributed by atoms with Crippen LogP contribution in [0.4, 0.5) is 5.69 Å². The fourth-order valence-corrected chi connectivity index (χ4v) is 4.74. The Morgan fingerprint density at radius 2 is 1.77 bits per heavy atom. The van der Waals surface area contributed by atoms with Gasteiger partial charge in [0, 0.05) is 35.0 Å². The number of benzene rings is 3. The van der Waals surface area contributed by atoms with Crippen molar-refractivity contribution in [2.24, 2.45) is 5.92 Å². The highest BCUT2D eigenvalue weighted by Gasteiger charge is 2.38. The molecule has 1 atom stereocenters. The first kappa shape index (κ1) is 27.7. The lowest BCUT2D eigenvalue weighted by Crippen LogP contribution is -2.44. The number of carbonyl (C=O) groups excluding carboxylic acids is 2. The van der Waals surface area contributed by atoms with Gasteiger partial charge in [0.15, 0.2) is 0 Å². The van der Waals surface area contributed by atoms with Gasteiger partial charge in [-0.1, -0.05) is 39.3 Å². The summed E-state index contributed by atoms with van der Waals surface area (Å²) in [6.07, 6.45) is 2.03. The van der Waals surface area contributed by atoms with Crippen molar-refractivity contribution in [1.82, 2.24) is 4.90 Å². The topological polar surface area (TPSA) is 105 Å². The Hall–Kier alpha value is -4.33. The second-order valence-corrected chi connectivity index (χ2v) is 9.93. The van der Waals surface area contributed by atoms with Crippen LogP contribution in [0.25, 0.3) is 11.1 Å². The summed E-state index contributed by atoms with van der Waals surface area (Å²) in [5.41, 5.74) is 3.85. The number of fused-ring (bicyclic) bond motifs is 1. The predicted octanol–water partition coefficient (Wildman–Crippen LogP) is 5.86. The van der Waals surface area contributed by atoms with Crippen molar-refractivity contribution >= 4 is 23.5 Å². The largest absolute Gasteiger partial charge is 0.496 e. The van der Waals surface area contributed by atoms with Gasteiger partial charge in [-0.2, -0.15) is 0 Å². The summed E-state index contributed by atoms with van der Waals surface area (Å²) < 4.78 is 11.3. The SMILES string of the molecule is CCCCOc1ccc(C(=O)Nc2ccc(-c3ccc4c(c3)C(=O)N([C@H](C(=O)O)C(C)C)C4)c(OC)c2)cc1. The van der Waals surface area contributed by atoms with E-state index in [0.29, 0.717) is 29.2 Å². The number of nitrogens with one attached hydrogen (secondary N) is 1. The number of nitrogens with zero attached hydrogens (tertiary/aromatic N) is 1. The highest BCUT2D eigenvalue weighted by Crippen LogP contribution is 2.36. The Balaban J connectivity index is 1.51. The number of hydrogen-bond acceptors (Lipinski definition) is 5. The number of amides is 2. The van der Waals surface area contributed by atoms with Crippen LogP contribution in [0.1, 0.15) is 59.9 Å². The molecule has 39 heavy (non-hydrogen) atoms. The van der Waals surface area contributed by atoms with Crippen LogP contribution in [-0.2, 0) is 11.3 Å². The van der Waals surface area contributed by atoms with Crippen molar-refractivity contribution in [1.29, 1.82) is 0 Å². The van der Waals surface area contributed by atoms with Crippen LogP contribution in [0.2, 0.25) is 0 Å². The zero-order valence-electron chi connectivity index (χ0n) is 22.7. The maximum absolute atomic E-state index is 13.2. The number of carbonyl (C=O) groups is 3. The number of hydrogen-bond donors (Lipinski definition) is 2. The van der Waals surface area contributed by atoms with Crippen LogP contribution < -0.4 is 14.8 Å². The van der Waals surface area contributed by atoms with Crippen LogP contribution >= 0.6 is 0 Å². The van der Waals surface area contributed by atoms with E-state index in [2.05, 4.69) is 12.2 Å². The summed E-state index contributed by atoms with van der Waals surface area (Å²) in [6.45, 7) is 6.60. The van der Waals surface area contributed by atoms with Gasteiger partial charge < -0.3 is 24.8 Å². The van der Waals surface area contributed by atoms with Crippen LogP contribution in [0, 0.1) is 5.92 Å². The summed E-state index contributed by atoms with van der Waals surface area (Å²) in [5.74, 6) is -0.532. The van der Waals surface area contributed by atoms with Crippen molar-refractivity contribution in [3.05, 3.63) is 77.4 Å². The standard InChI is InChI=1S/C31H34N2O6/c1-5-6-15-39-24-12-9-20(10-13-24)29(34)32-23-11-14-25(27(17-23)38-4)21-7-8-22-18-33(30(35)26(22)16-21)28(19(2)3)31(36)37/h7-14,16-17,19,28H,5-6,15,18H2,1-4H3,(H,32,34)(H,36,37)/t28-/m0/s1. The van der Waals surface area contributed by atoms with E-state index in [0.717, 1.165) is 35.3 Å². The summed E-state index contributed by atoms with van der Waals surface area (Å²) in [6, 6.07) is 17.0. The molecule has 8 heteroatoms. The Morgan fingerprint density at radius 3 is 2.41 bits per heavy atom. The number of ether oxygens (including phenoxy) is 2. The van der Waals surface area contributed by atoms with Gasteiger partial charge in [0.2, 0.25) is 0 Å². The molecule has 2 N–H and O–H groups in total. The summed E-state index contributed by atoms with van der Waals surface area (Å²) in [7, 11) is 1.54. The van der Waals surface area contributed by atoms with Gasteiger partial charge in [0.05, 0.1) is 13.7 Å². The molecule has 1 heterocycles. The van der Waals surface area contributed by atoms with Crippen LogP contribution in [0.3, 0.4) is 0 Å². The van der Waals surface area contributed by atoms with Crippen LogP contribution in [0.15, 0.2) is 60.7 Å². The minimum absolute atomic E-state index is 0.222. The van der Waals surface area contributed by atoms with Crippen molar-refractivity contribution in [2.45, 2.75) is 46.2 Å². The zero-order chi connectivity index (χ0) is 28.1. The van der Waals surface area contributed by atoms with E-state index in [4.69, 9.17) is 9.47 Å². The monoisotopic (exact) mass is 530 g/mol. The zero-order valence-corrected chi connectivity index (χ0v) is 22.7. The van der Waals surface area contributed by atoms with E-state index in [1.165, 1.54) is 4.90 Å². The number of carboxylic acid groups (broad SMARTS) is 1. The number of rotatable bonds is 11. The number of carboxylic acids is 1. The molecule has 0 aromatic heterocycles.